The highest BCUT2D eigenvalue weighted by molar-refractivity contribution is 5.66. The van der Waals surface area contributed by atoms with Crippen LogP contribution in [-0.2, 0) is 4.74 Å². The maximum absolute atomic E-state index is 13.4. The molecule has 1 atom stereocenters. The van der Waals surface area contributed by atoms with Gasteiger partial charge in [-0.3, -0.25) is 9.13 Å². The zero-order valence-electron chi connectivity index (χ0n) is 17.7. The van der Waals surface area contributed by atoms with E-state index in [0.29, 0.717) is 25.0 Å². The van der Waals surface area contributed by atoms with E-state index < -0.39 is 0 Å². The monoisotopic (exact) mass is 432 g/mol. The number of rotatable bonds is 4. The number of anilines is 1. The van der Waals surface area contributed by atoms with Gasteiger partial charge in [0, 0.05) is 18.0 Å². The third kappa shape index (κ3) is 2.76. The topological polar surface area (TPSA) is 86.8 Å². The van der Waals surface area contributed by atoms with Crippen molar-refractivity contribution in [2.45, 2.75) is 32.4 Å². The van der Waals surface area contributed by atoms with Gasteiger partial charge in [-0.1, -0.05) is 6.92 Å². The Bertz CT molecular complexity index is 1290. The highest BCUT2D eigenvalue weighted by atomic mass is 19.1. The molecule has 6 rings (SSSR count). The highest BCUT2D eigenvalue weighted by Crippen LogP contribution is 2.42. The number of aromatic nitrogens is 7. The van der Waals surface area contributed by atoms with E-state index in [4.69, 9.17) is 14.7 Å². The van der Waals surface area contributed by atoms with Crippen LogP contribution in [-0.4, -0.2) is 53.5 Å². The minimum atomic E-state index is -0.290. The van der Waals surface area contributed by atoms with Gasteiger partial charge in [-0.15, -0.1) is 10.2 Å². The van der Waals surface area contributed by atoms with Crippen LogP contribution >= 0.6 is 0 Å². The van der Waals surface area contributed by atoms with Crippen molar-refractivity contribution in [1.82, 2.24) is 34.3 Å². The molecule has 4 aromatic rings. The Morgan fingerprint density at radius 3 is 2.66 bits per heavy atom. The summed E-state index contributed by atoms with van der Waals surface area (Å²) in [5.74, 6) is 2.59. The lowest BCUT2D eigenvalue weighted by Gasteiger charge is -2.45. The molecule has 0 N–H and O–H groups in total. The van der Waals surface area contributed by atoms with E-state index in [1.54, 1.807) is 24.7 Å². The number of hydrogen-bond donors (Lipinski definition) is 0. The van der Waals surface area contributed by atoms with Crippen molar-refractivity contribution in [1.29, 1.82) is 0 Å². The van der Waals surface area contributed by atoms with Crippen molar-refractivity contribution in [3.63, 3.8) is 0 Å². The van der Waals surface area contributed by atoms with Crippen LogP contribution in [0.15, 0.2) is 43.0 Å². The average Bonchev–Trinajstić information content (AvgIpc) is 3.43. The van der Waals surface area contributed by atoms with Crippen molar-refractivity contribution in [2.24, 2.45) is 0 Å². The second kappa shape index (κ2) is 7.20. The lowest BCUT2D eigenvalue weighted by Crippen LogP contribution is -2.53. The molecule has 32 heavy (non-hydrogen) atoms. The van der Waals surface area contributed by atoms with Crippen molar-refractivity contribution in [2.75, 3.05) is 18.1 Å². The van der Waals surface area contributed by atoms with E-state index in [0.717, 1.165) is 35.0 Å². The number of benzene rings is 1. The van der Waals surface area contributed by atoms with E-state index in [9.17, 15) is 4.39 Å². The van der Waals surface area contributed by atoms with Crippen molar-refractivity contribution in [3.05, 3.63) is 60.3 Å². The summed E-state index contributed by atoms with van der Waals surface area (Å²) in [4.78, 5) is 16.6. The Kier molecular flexibility index (Phi) is 4.29. The third-order valence-electron chi connectivity index (χ3n) is 6.08. The van der Waals surface area contributed by atoms with Gasteiger partial charge < -0.3 is 9.64 Å². The first-order valence-corrected chi connectivity index (χ1v) is 10.6. The molecular formula is C22H21FN8O. The lowest BCUT2D eigenvalue weighted by molar-refractivity contribution is 0.00338. The Balaban J connectivity index is 1.54. The van der Waals surface area contributed by atoms with Gasteiger partial charge in [-0.25, -0.2) is 14.4 Å². The Hall–Kier alpha value is -3.66. The smallest absolute Gasteiger partial charge is 0.237 e. The SMILES string of the molecule is CC[C@@H]1c2nncn2-c2c(C)nc(-n3ccnc3-c3ccc(F)cc3)nc2N1C1COC1. The van der Waals surface area contributed by atoms with Gasteiger partial charge in [0.1, 0.15) is 23.7 Å². The number of nitrogens with zero attached hydrogens (tertiary/aromatic N) is 8. The predicted molar refractivity (Wildman–Crippen MR) is 114 cm³/mol. The Morgan fingerprint density at radius 1 is 1.12 bits per heavy atom. The van der Waals surface area contributed by atoms with Gasteiger partial charge >= 0.3 is 0 Å². The summed E-state index contributed by atoms with van der Waals surface area (Å²) in [5.41, 5.74) is 2.48. The summed E-state index contributed by atoms with van der Waals surface area (Å²) in [7, 11) is 0. The predicted octanol–water partition coefficient (Wildman–Crippen LogP) is 3.03. The van der Waals surface area contributed by atoms with Crippen LogP contribution in [0.4, 0.5) is 10.2 Å². The molecule has 1 aromatic carbocycles. The molecule has 2 aliphatic heterocycles. The van der Waals surface area contributed by atoms with Crippen LogP contribution in [0, 0.1) is 12.7 Å². The molecule has 3 aromatic heterocycles. The van der Waals surface area contributed by atoms with Crippen molar-refractivity contribution in [3.8, 4) is 23.0 Å². The van der Waals surface area contributed by atoms with Crippen molar-refractivity contribution < 1.29 is 9.13 Å². The number of halogens is 1. The first kappa shape index (κ1) is 19.1. The fourth-order valence-corrected chi connectivity index (χ4v) is 4.49. The fourth-order valence-electron chi connectivity index (χ4n) is 4.49. The molecule has 2 aliphatic rings. The van der Waals surface area contributed by atoms with Crippen LogP contribution in [0.25, 0.3) is 23.0 Å². The largest absolute Gasteiger partial charge is 0.377 e. The summed E-state index contributed by atoms with van der Waals surface area (Å²) in [6.07, 6.45) is 6.10. The molecule has 10 heteroatoms. The van der Waals surface area contributed by atoms with Crippen LogP contribution in [0.3, 0.4) is 0 Å². The quantitative estimate of drug-likeness (QED) is 0.490. The van der Waals surface area contributed by atoms with E-state index in [-0.39, 0.29) is 17.9 Å². The summed E-state index contributed by atoms with van der Waals surface area (Å²) < 4.78 is 22.8. The van der Waals surface area contributed by atoms with Gasteiger partial charge in [0.15, 0.2) is 11.6 Å². The van der Waals surface area contributed by atoms with E-state index in [2.05, 4.69) is 27.0 Å². The Morgan fingerprint density at radius 2 is 1.94 bits per heavy atom. The molecule has 0 radical (unpaired) electrons. The highest BCUT2D eigenvalue weighted by Gasteiger charge is 2.41. The van der Waals surface area contributed by atoms with Crippen molar-refractivity contribution >= 4 is 5.82 Å². The summed E-state index contributed by atoms with van der Waals surface area (Å²) in [6.45, 7) is 5.39. The summed E-state index contributed by atoms with van der Waals surface area (Å²) in [5, 5.41) is 8.57. The average molecular weight is 432 g/mol. The molecule has 1 fully saturated rings. The maximum Gasteiger partial charge on any atom is 0.237 e. The molecule has 0 saturated carbocycles. The van der Waals surface area contributed by atoms with E-state index in [1.807, 2.05) is 22.3 Å². The minimum absolute atomic E-state index is 0.0420. The summed E-state index contributed by atoms with van der Waals surface area (Å²) in [6, 6.07) is 6.50. The van der Waals surface area contributed by atoms with E-state index >= 15 is 0 Å². The molecular weight excluding hydrogens is 411 g/mol. The second-order valence-corrected chi connectivity index (χ2v) is 7.99. The third-order valence-corrected chi connectivity index (χ3v) is 6.08. The first-order valence-electron chi connectivity index (χ1n) is 10.6. The van der Waals surface area contributed by atoms with Crippen LogP contribution in [0.2, 0.25) is 0 Å². The molecule has 0 unspecified atom stereocenters. The van der Waals surface area contributed by atoms with Gasteiger partial charge in [-0.05, 0) is 37.6 Å². The standard InChI is InChI=1S/C22H21FN8O/c1-3-17-20-28-25-12-30(20)18-13(2)26-22(27-21(18)31(17)16-10-32-11-16)29-9-8-24-19(29)14-4-6-15(23)7-5-14/h4-9,12,16-17H,3,10-11H2,1-2H3/t17-/m1/s1. The normalized spacial score (nSPS) is 17.7. The van der Waals surface area contributed by atoms with Crippen LogP contribution in [0.5, 0.6) is 0 Å². The molecule has 0 amide bonds. The van der Waals surface area contributed by atoms with E-state index in [1.165, 1.54) is 12.1 Å². The molecule has 9 nitrogen and oxygen atoms in total. The number of aryl methyl sites for hydroxylation is 1. The second-order valence-electron chi connectivity index (χ2n) is 7.99. The van der Waals surface area contributed by atoms with Crippen LogP contribution < -0.4 is 4.90 Å². The van der Waals surface area contributed by atoms with Crippen LogP contribution in [0.1, 0.15) is 30.9 Å². The van der Waals surface area contributed by atoms with Gasteiger partial charge in [0.2, 0.25) is 5.95 Å². The van der Waals surface area contributed by atoms with Gasteiger partial charge in [0.25, 0.3) is 0 Å². The number of fused-ring (bicyclic) bond motifs is 3. The number of hydrogen-bond acceptors (Lipinski definition) is 7. The zero-order chi connectivity index (χ0) is 21.8. The zero-order valence-corrected chi connectivity index (χ0v) is 17.7. The molecule has 5 heterocycles. The first-order chi connectivity index (χ1) is 15.7. The molecule has 162 valence electrons. The number of ether oxygens (including phenoxy) is 1. The fraction of sp³-hybridized carbons (Fsp3) is 0.318. The Labute approximate surface area is 183 Å². The minimum Gasteiger partial charge on any atom is -0.377 e. The lowest BCUT2D eigenvalue weighted by atomic mass is 10.0. The van der Waals surface area contributed by atoms with Gasteiger partial charge in [-0.2, -0.15) is 4.98 Å². The maximum atomic E-state index is 13.4. The van der Waals surface area contributed by atoms with Gasteiger partial charge in [0.05, 0.1) is 31.0 Å². The molecule has 0 aliphatic carbocycles. The number of imidazole rings is 1. The molecule has 0 bridgehead atoms. The summed E-state index contributed by atoms with van der Waals surface area (Å²) >= 11 is 0. The molecule has 1 saturated heterocycles. The molecule has 0 spiro atoms.